The first-order valence-electron chi connectivity index (χ1n) is 7.10. The van der Waals surface area contributed by atoms with Crippen molar-refractivity contribution < 1.29 is 9.84 Å². The molecule has 0 saturated carbocycles. The summed E-state index contributed by atoms with van der Waals surface area (Å²) in [5.41, 5.74) is 1.75. The van der Waals surface area contributed by atoms with Gasteiger partial charge >= 0.3 is 0 Å². The summed E-state index contributed by atoms with van der Waals surface area (Å²) in [4.78, 5) is 12.2. The van der Waals surface area contributed by atoms with Crippen molar-refractivity contribution in [3.05, 3.63) is 57.9 Å². The Hall–Kier alpha value is -2.81. The fourth-order valence-corrected chi connectivity index (χ4v) is 3.32. The van der Waals surface area contributed by atoms with Crippen LogP contribution in [0.15, 0.2) is 47.3 Å². The first-order chi connectivity index (χ1) is 10.6. The number of aliphatic hydroxyl groups is 1. The highest BCUT2D eigenvalue weighted by atomic mass is 16.5. The summed E-state index contributed by atoms with van der Waals surface area (Å²) in [6.45, 7) is 1.54. The molecule has 0 unspecified atom stereocenters. The second-order valence-corrected chi connectivity index (χ2v) is 5.52. The summed E-state index contributed by atoms with van der Waals surface area (Å²) >= 11 is 0. The summed E-state index contributed by atoms with van der Waals surface area (Å²) in [6, 6.07) is 13.4. The third-order valence-corrected chi connectivity index (χ3v) is 4.31. The van der Waals surface area contributed by atoms with Crippen LogP contribution in [-0.2, 0) is 0 Å². The number of benzene rings is 3. The molecule has 22 heavy (non-hydrogen) atoms. The van der Waals surface area contributed by atoms with Crippen molar-refractivity contribution in [2.45, 2.75) is 6.92 Å². The molecule has 0 aliphatic heterocycles. The van der Waals surface area contributed by atoms with Crippen molar-refractivity contribution in [1.82, 2.24) is 0 Å². The van der Waals surface area contributed by atoms with E-state index >= 15 is 0 Å². The van der Waals surface area contributed by atoms with Gasteiger partial charge in [-0.3, -0.25) is 4.79 Å². The molecule has 0 atom stereocenters. The molecule has 0 aromatic heterocycles. The number of methoxy groups -OCH3 is 1. The van der Waals surface area contributed by atoms with E-state index in [9.17, 15) is 9.90 Å². The number of hydrogen-bond acceptors (Lipinski definition) is 3. The third-order valence-electron chi connectivity index (χ3n) is 4.31. The molecule has 2 aromatic carbocycles. The highest BCUT2D eigenvalue weighted by Gasteiger charge is 2.19. The summed E-state index contributed by atoms with van der Waals surface area (Å²) in [6.07, 6.45) is 0. The van der Waals surface area contributed by atoms with E-state index in [-0.39, 0.29) is 11.2 Å². The molecule has 3 heteroatoms. The average Bonchev–Trinajstić information content (AvgIpc) is 2.82. The molecule has 0 spiro atoms. The zero-order chi connectivity index (χ0) is 15.4. The van der Waals surface area contributed by atoms with Gasteiger partial charge in [-0.05, 0) is 47.0 Å². The Morgan fingerprint density at radius 1 is 1.00 bits per heavy atom. The molecule has 0 heterocycles. The lowest BCUT2D eigenvalue weighted by molar-refractivity contribution is 0.420. The largest absolute Gasteiger partial charge is 0.512 e. The molecule has 0 radical (unpaired) electrons. The van der Waals surface area contributed by atoms with Gasteiger partial charge in [0.15, 0.2) is 5.43 Å². The monoisotopic (exact) mass is 290 g/mol. The number of rotatable bonds is 1. The second kappa shape index (κ2) is 4.34. The van der Waals surface area contributed by atoms with Crippen LogP contribution in [0.4, 0.5) is 0 Å². The first-order valence-corrected chi connectivity index (χ1v) is 7.10. The standard InChI is InChI=1S/C19H14O3/c1-10(20)14-8-15-11-4-3-5-13-18(22-2)7-6-12(19(11)13)16(15)9-17(14)21/h3-9,20H,1-2H3. The minimum atomic E-state index is -0.157. The molecule has 1 N–H and O–H groups in total. The van der Waals surface area contributed by atoms with E-state index < -0.39 is 0 Å². The smallest absolute Gasteiger partial charge is 0.189 e. The molecule has 2 aliphatic carbocycles. The van der Waals surface area contributed by atoms with Gasteiger partial charge < -0.3 is 9.84 Å². The molecular weight excluding hydrogens is 276 g/mol. The Kier molecular flexibility index (Phi) is 2.54. The molecule has 108 valence electrons. The van der Waals surface area contributed by atoms with Gasteiger partial charge in [-0.25, -0.2) is 0 Å². The van der Waals surface area contributed by atoms with Crippen LogP contribution in [0.1, 0.15) is 6.92 Å². The van der Waals surface area contributed by atoms with E-state index in [0.29, 0.717) is 5.22 Å². The molecule has 0 saturated heterocycles. The predicted molar refractivity (Wildman–Crippen MR) is 89.0 cm³/mol. The molecule has 2 aliphatic rings. The normalized spacial score (nSPS) is 13.2. The Morgan fingerprint density at radius 2 is 1.68 bits per heavy atom. The summed E-state index contributed by atoms with van der Waals surface area (Å²) in [5.74, 6) is 0.870. The molecule has 0 fully saturated rings. The van der Waals surface area contributed by atoms with E-state index in [1.807, 2.05) is 30.3 Å². The third kappa shape index (κ3) is 1.53. The van der Waals surface area contributed by atoms with Crippen LogP contribution in [0, 0.1) is 0 Å². The molecule has 4 rings (SSSR count). The molecule has 0 bridgehead atoms. The van der Waals surface area contributed by atoms with E-state index in [0.717, 1.165) is 38.4 Å². The lowest BCUT2D eigenvalue weighted by atomic mass is 10.0. The lowest BCUT2D eigenvalue weighted by Crippen LogP contribution is -2.25. The van der Waals surface area contributed by atoms with E-state index in [1.165, 1.54) is 6.92 Å². The van der Waals surface area contributed by atoms with Gasteiger partial charge in [-0.1, -0.05) is 24.3 Å². The van der Waals surface area contributed by atoms with Crippen LogP contribution < -0.4 is 15.4 Å². The molecule has 0 amide bonds. The van der Waals surface area contributed by atoms with Gasteiger partial charge in [0.1, 0.15) is 11.5 Å². The van der Waals surface area contributed by atoms with Crippen LogP contribution in [0.2, 0.25) is 0 Å². The Morgan fingerprint density at radius 3 is 2.41 bits per heavy atom. The topological polar surface area (TPSA) is 46.5 Å². The first kappa shape index (κ1) is 12.9. The highest BCUT2D eigenvalue weighted by Crippen LogP contribution is 2.43. The van der Waals surface area contributed by atoms with Crippen molar-refractivity contribution in [2.75, 3.05) is 7.11 Å². The lowest BCUT2D eigenvalue weighted by Gasteiger charge is -2.05. The van der Waals surface area contributed by atoms with Crippen molar-refractivity contribution >= 4 is 27.3 Å². The van der Waals surface area contributed by atoms with Crippen LogP contribution >= 0.6 is 0 Å². The Bertz CT molecular complexity index is 1090. The summed E-state index contributed by atoms with van der Waals surface area (Å²) < 4.78 is 5.44. The van der Waals surface area contributed by atoms with E-state index in [1.54, 1.807) is 19.2 Å². The minimum Gasteiger partial charge on any atom is -0.512 e. The van der Waals surface area contributed by atoms with E-state index in [4.69, 9.17) is 4.74 Å². The van der Waals surface area contributed by atoms with Gasteiger partial charge in [0.05, 0.1) is 12.3 Å². The fourth-order valence-electron chi connectivity index (χ4n) is 3.32. The van der Waals surface area contributed by atoms with Crippen molar-refractivity contribution in [2.24, 2.45) is 0 Å². The number of ether oxygens (including phenoxy) is 1. The minimum absolute atomic E-state index is 0.0495. The van der Waals surface area contributed by atoms with Crippen molar-refractivity contribution in [3.8, 4) is 16.9 Å². The SMILES string of the molecule is COc1ccc2c3cc(=O)c(=C(C)O)cc-3c3cccc1c23. The van der Waals surface area contributed by atoms with Crippen LogP contribution in [-0.4, -0.2) is 12.2 Å². The van der Waals surface area contributed by atoms with Crippen LogP contribution in [0.3, 0.4) is 0 Å². The molecule has 2 aromatic rings. The number of fused-ring (bicyclic) bond motifs is 3. The maximum atomic E-state index is 12.2. The van der Waals surface area contributed by atoms with Gasteiger partial charge in [-0.15, -0.1) is 0 Å². The van der Waals surface area contributed by atoms with Gasteiger partial charge in [0.2, 0.25) is 0 Å². The molecular formula is C19H14O3. The summed E-state index contributed by atoms with van der Waals surface area (Å²) in [7, 11) is 1.66. The predicted octanol–water partition coefficient (Wildman–Crippen LogP) is 3.31. The maximum Gasteiger partial charge on any atom is 0.189 e. The zero-order valence-electron chi connectivity index (χ0n) is 12.3. The van der Waals surface area contributed by atoms with Crippen LogP contribution in [0.5, 0.6) is 5.75 Å². The Balaban J connectivity index is 2.34. The highest BCUT2D eigenvalue weighted by molar-refractivity contribution is 6.24. The zero-order valence-corrected chi connectivity index (χ0v) is 12.3. The van der Waals surface area contributed by atoms with Crippen molar-refractivity contribution in [1.29, 1.82) is 0 Å². The van der Waals surface area contributed by atoms with E-state index in [2.05, 4.69) is 0 Å². The number of aliphatic hydroxyl groups excluding tert-OH is 1. The second-order valence-electron chi connectivity index (χ2n) is 5.52. The average molecular weight is 290 g/mol. The summed E-state index contributed by atoms with van der Waals surface area (Å²) in [5, 5.41) is 14.3. The quantitative estimate of drug-likeness (QED) is 0.585. The van der Waals surface area contributed by atoms with Crippen LogP contribution in [0.25, 0.3) is 38.4 Å². The Labute approximate surface area is 126 Å². The fraction of sp³-hybridized carbons (Fsp3) is 0.105. The van der Waals surface area contributed by atoms with Gasteiger partial charge in [0.25, 0.3) is 0 Å². The van der Waals surface area contributed by atoms with Crippen molar-refractivity contribution in [3.63, 3.8) is 0 Å². The molecule has 3 nitrogen and oxygen atoms in total. The van der Waals surface area contributed by atoms with Gasteiger partial charge in [0, 0.05) is 10.8 Å². The maximum absolute atomic E-state index is 12.2. The number of hydrogen-bond donors (Lipinski definition) is 1. The van der Waals surface area contributed by atoms with Gasteiger partial charge in [-0.2, -0.15) is 0 Å².